The van der Waals surface area contributed by atoms with Crippen molar-refractivity contribution in [3.8, 4) is 17.2 Å². The highest BCUT2D eigenvalue weighted by molar-refractivity contribution is 7.98. The first-order chi connectivity index (χ1) is 9.60. The third kappa shape index (κ3) is 3.66. The zero-order valence-electron chi connectivity index (χ0n) is 11.9. The van der Waals surface area contributed by atoms with Gasteiger partial charge in [0.25, 0.3) is 5.89 Å². The Kier molecular flexibility index (Phi) is 4.89. The number of thioether (sulfide) groups is 1. The monoisotopic (exact) mass is 293 g/mol. The Morgan fingerprint density at radius 1 is 1.40 bits per heavy atom. The maximum atomic E-state index is 5.87. The van der Waals surface area contributed by atoms with Crippen LogP contribution in [0.5, 0.6) is 5.75 Å². The first-order valence-electron chi connectivity index (χ1n) is 6.44. The second kappa shape index (κ2) is 6.65. The second-order valence-corrected chi connectivity index (χ2v) is 5.91. The van der Waals surface area contributed by atoms with Crippen LogP contribution < -0.4 is 10.5 Å². The van der Waals surface area contributed by atoms with E-state index >= 15 is 0 Å². The molecule has 0 aliphatic carbocycles. The van der Waals surface area contributed by atoms with Gasteiger partial charge in [0.1, 0.15) is 5.75 Å². The van der Waals surface area contributed by atoms with Gasteiger partial charge in [-0.2, -0.15) is 16.7 Å². The molecule has 5 nitrogen and oxygen atoms in total. The molecular formula is C14H19N3O2S. The van der Waals surface area contributed by atoms with E-state index in [4.69, 9.17) is 15.0 Å². The zero-order valence-corrected chi connectivity index (χ0v) is 12.7. The van der Waals surface area contributed by atoms with E-state index in [0.717, 1.165) is 17.1 Å². The minimum atomic E-state index is 0.486. The van der Waals surface area contributed by atoms with Crippen molar-refractivity contribution in [1.29, 1.82) is 0 Å². The standard InChI is InChI=1S/C14H19N3O2S/c1-9(2)7-20-8-13-16-14(19-17-13)10-4-5-12(18-3)11(15)6-10/h4-6,9H,7-8,15H2,1-3H3. The molecule has 6 heteroatoms. The fraction of sp³-hybridized carbons (Fsp3) is 0.429. The maximum absolute atomic E-state index is 5.87. The van der Waals surface area contributed by atoms with Gasteiger partial charge in [0.15, 0.2) is 5.82 Å². The molecule has 2 rings (SSSR count). The van der Waals surface area contributed by atoms with Gasteiger partial charge in [-0.3, -0.25) is 0 Å². The van der Waals surface area contributed by atoms with Gasteiger partial charge in [0.2, 0.25) is 0 Å². The van der Waals surface area contributed by atoms with Crippen LogP contribution in [0.1, 0.15) is 19.7 Å². The number of nitrogens with zero attached hydrogens (tertiary/aromatic N) is 2. The highest BCUT2D eigenvalue weighted by Crippen LogP contribution is 2.27. The Labute approximate surface area is 122 Å². The van der Waals surface area contributed by atoms with Crippen molar-refractivity contribution in [2.24, 2.45) is 5.92 Å². The fourth-order valence-corrected chi connectivity index (χ4v) is 2.57. The van der Waals surface area contributed by atoms with Gasteiger partial charge in [-0.15, -0.1) is 0 Å². The molecule has 0 unspecified atom stereocenters. The summed E-state index contributed by atoms with van der Waals surface area (Å²) in [5.74, 6) is 4.33. The van der Waals surface area contributed by atoms with Crippen LogP contribution in [0.25, 0.3) is 11.5 Å². The van der Waals surface area contributed by atoms with Crippen molar-refractivity contribution in [1.82, 2.24) is 10.1 Å². The van der Waals surface area contributed by atoms with Gasteiger partial charge < -0.3 is 15.0 Å². The third-order valence-corrected chi connectivity index (χ3v) is 3.99. The van der Waals surface area contributed by atoms with Gasteiger partial charge in [0, 0.05) is 5.56 Å². The first kappa shape index (κ1) is 14.7. The highest BCUT2D eigenvalue weighted by atomic mass is 32.2. The molecule has 0 aliphatic rings. The van der Waals surface area contributed by atoms with E-state index in [0.29, 0.717) is 29.1 Å². The summed E-state index contributed by atoms with van der Waals surface area (Å²) in [5, 5.41) is 3.98. The van der Waals surface area contributed by atoms with Crippen LogP contribution >= 0.6 is 11.8 Å². The number of anilines is 1. The molecule has 2 N–H and O–H groups in total. The summed E-state index contributed by atoms with van der Waals surface area (Å²) in [6, 6.07) is 5.42. The smallest absolute Gasteiger partial charge is 0.258 e. The fourth-order valence-electron chi connectivity index (χ4n) is 1.68. The summed E-state index contributed by atoms with van der Waals surface area (Å²) in [6.45, 7) is 4.38. The Bertz CT molecular complexity index is 569. The number of hydrogen-bond donors (Lipinski definition) is 1. The molecule has 108 valence electrons. The summed E-state index contributed by atoms with van der Waals surface area (Å²) in [5.41, 5.74) is 7.23. The van der Waals surface area contributed by atoms with E-state index in [1.54, 1.807) is 31.0 Å². The van der Waals surface area contributed by atoms with Gasteiger partial charge in [-0.05, 0) is 29.9 Å². The molecule has 0 saturated carbocycles. The van der Waals surface area contributed by atoms with Crippen LogP contribution in [0.2, 0.25) is 0 Å². The number of methoxy groups -OCH3 is 1. The van der Waals surface area contributed by atoms with Crippen LogP contribution in [0.4, 0.5) is 5.69 Å². The van der Waals surface area contributed by atoms with Crippen molar-refractivity contribution in [3.63, 3.8) is 0 Å². The van der Waals surface area contributed by atoms with E-state index in [1.807, 2.05) is 6.07 Å². The molecule has 0 amide bonds. The molecule has 0 spiro atoms. The number of nitrogen functional groups attached to an aromatic ring is 1. The topological polar surface area (TPSA) is 74.2 Å². The largest absolute Gasteiger partial charge is 0.495 e. The summed E-state index contributed by atoms with van der Waals surface area (Å²) >= 11 is 1.80. The predicted octanol–water partition coefficient (Wildman–Crippen LogP) is 3.22. The lowest BCUT2D eigenvalue weighted by Gasteiger charge is -2.04. The van der Waals surface area contributed by atoms with Gasteiger partial charge in [0.05, 0.1) is 18.6 Å². The summed E-state index contributed by atoms with van der Waals surface area (Å²) in [4.78, 5) is 4.38. The molecule has 0 radical (unpaired) electrons. The molecule has 2 aromatic rings. The minimum absolute atomic E-state index is 0.486. The summed E-state index contributed by atoms with van der Waals surface area (Å²) in [7, 11) is 1.59. The molecule has 0 fully saturated rings. The van der Waals surface area contributed by atoms with Gasteiger partial charge in [-0.25, -0.2) is 0 Å². The molecule has 0 saturated heterocycles. The van der Waals surface area contributed by atoms with E-state index in [1.165, 1.54) is 0 Å². The summed E-state index contributed by atoms with van der Waals surface area (Å²) in [6.07, 6.45) is 0. The van der Waals surface area contributed by atoms with E-state index in [9.17, 15) is 0 Å². The van der Waals surface area contributed by atoms with Crippen molar-refractivity contribution >= 4 is 17.4 Å². The van der Waals surface area contributed by atoms with Crippen molar-refractivity contribution in [2.45, 2.75) is 19.6 Å². The lowest BCUT2D eigenvalue weighted by molar-refractivity contribution is 0.416. The maximum Gasteiger partial charge on any atom is 0.258 e. The van der Waals surface area contributed by atoms with Crippen molar-refractivity contribution in [2.75, 3.05) is 18.6 Å². The van der Waals surface area contributed by atoms with Gasteiger partial charge >= 0.3 is 0 Å². The normalized spacial score (nSPS) is 11.0. The van der Waals surface area contributed by atoms with Crippen LogP contribution in [-0.4, -0.2) is 23.0 Å². The van der Waals surface area contributed by atoms with Crippen molar-refractivity contribution < 1.29 is 9.26 Å². The number of rotatable bonds is 6. The number of aromatic nitrogens is 2. The Morgan fingerprint density at radius 3 is 2.85 bits per heavy atom. The molecule has 1 aromatic carbocycles. The number of benzene rings is 1. The summed E-state index contributed by atoms with van der Waals surface area (Å²) < 4.78 is 10.4. The lowest BCUT2D eigenvalue weighted by Crippen LogP contribution is -1.93. The van der Waals surface area contributed by atoms with Gasteiger partial charge in [-0.1, -0.05) is 19.0 Å². The van der Waals surface area contributed by atoms with Crippen molar-refractivity contribution in [3.05, 3.63) is 24.0 Å². The molecule has 20 heavy (non-hydrogen) atoms. The molecule has 1 aromatic heterocycles. The molecule has 0 atom stereocenters. The lowest BCUT2D eigenvalue weighted by atomic mass is 10.2. The molecular weight excluding hydrogens is 274 g/mol. The average Bonchev–Trinajstić information content (AvgIpc) is 2.87. The van der Waals surface area contributed by atoms with Crippen LogP contribution in [0.3, 0.4) is 0 Å². The van der Waals surface area contributed by atoms with E-state index in [-0.39, 0.29) is 0 Å². The Hall–Kier alpha value is -1.69. The predicted molar refractivity (Wildman–Crippen MR) is 81.7 cm³/mol. The van der Waals surface area contributed by atoms with Crippen LogP contribution in [-0.2, 0) is 5.75 Å². The number of ether oxygens (including phenoxy) is 1. The number of hydrogen-bond acceptors (Lipinski definition) is 6. The average molecular weight is 293 g/mol. The van der Waals surface area contributed by atoms with Crippen LogP contribution in [0.15, 0.2) is 22.7 Å². The van der Waals surface area contributed by atoms with E-state index in [2.05, 4.69) is 24.0 Å². The molecule has 1 heterocycles. The third-order valence-electron chi connectivity index (χ3n) is 2.63. The quantitative estimate of drug-likeness (QED) is 0.824. The zero-order chi connectivity index (χ0) is 14.5. The molecule has 0 bridgehead atoms. The minimum Gasteiger partial charge on any atom is -0.495 e. The molecule has 0 aliphatic heterocycles. The number of nitrogens with two attached hydrogens (primary N) is 1. The highest BCUT2D eigenvalue weighted by Gasteiger charge is 2.11. The Balaban J connectivity index is 2.06. The first-order valence-corrected chi connectivity index (χ1v) is 7.60. The van der Waals surface area contributed by atoms with Crippen LogP contribution in [0, 0.1) is 5.92 Å². The SMILES string of the molecule is COc1ccc(-c2nc(CSCC(C)C)no2)cc1N. The Morgan fingerprint density at radius 2 is 2.20 bits per heavy atom. The second-order valence-electron chi connectivity index (χ2n) is 4.88. The van der Waals surface area contributed by atoms with E-state index < -0.39 is 0 Å².